The number of hydrogen-bond acceptors (Lipinski definition) is 4. The summed E-state index contributed by atoms with van der Waals surface area (Å²) in [6.45, 7) is 1.68. The van der Waals surface area contributed by atoms with Crippen LogP contribution in [0.5, 0.6) is 0 Å². The summed E-state index contributed by atoms with van der Waals surface area (Å²) in [6, 6.07) is 17.8. The first kappa shape index (κ1) is 20.1. The summed E-state index contributed by atoms with van der Waals surface area (Å²) >= 11 is 0. The van der Waals surface area contributed by atoms with Gasteiger partial charge >= 0.3 is 6.03 Å². The van der Waals surface area contributed by atoms with Crippen molar-refractivity contribution in [1.29, 1.82) is 5.26 Å². The highest BCUT2D eigenvalue weighted by Gasteiger charge is 2.49. The van der Waals surface area contributed by atoms with Gasteiger partial charge in [0.05, 0.1) is 11.6 Å². The van der Waals surface area contributed by atoms with Crippen molar-refractivity contribution in [3.05, 3.63) is 71.3 Å². The predicted octanol–water partition coefficient (Wildman–Crippen LogP) is 2.07. The molecule has 1 unspecified atom stereocenters. The summed E-state index contributed by atoms with van der Waals surface area (Å²) < 4.78 is 0. The van der Waals surface area contributed by atoms with Gasteiger partial charge in [-0.3, -0.25) is 14.5 Å². The number of amides is 4. The molecule has 1 atom stereocenters. The fourth-order valence-corrected chi connectivity index (χ4v) is 3.30. The first-order chi connectivity index (χ1) is 13.9. The van der Waals surface area contributed by atoms with Crippen LogP contribution in [0, 0.1) is 11.3 Å². The average Bonchev–Trinajstić information content (AvgIpc) is 2.96. The molecule has 29 heavy (non-hydrogen) atoms. The number of aryl methyl sites for hydroxylation is 1. The Bertz CT molecular complexity index is 968. The molecule has 0 aliphatic carbocycles. The Morgan fingerprint density at radius 1 is 1.17 bits per heavy atom. The third-order valence-electron chi connectivity index (χ3n) is 4.95. The molecule has 2 N–H and O–H groups in total. The molecule has 1 aliphatic heterocycles. The van der Waals surface area contributed by atoms with E-state index in [4.69, 9.17) is 5.26 Å². The lowest BCUT2D eigenvalue weighted by Crippen LogP contribution is -2.43. The SMILES string of the molecule is CC1(c2cccc(C#N)c2)NC(=O)N(CC(=O)NCCCc2ccccc2)C1=O. The third kappa shape index (κ3) is 4.43. The van der Waals surface area contributed by atoms with Gasteiger partial charge in [-0.05, 0) is 43.0 Å². The number of rotatable bonds is 7. The van der Waals surface area contributed by atoms with E-state index in [0.717, 1.165) is 17.7 Å². The van der Waals surface area contributed by atoms with Crippen molar-refractivity contribution in [3.63, 3.8) is 0 Å². The van der Waals surface area contributed by atoms with Crippen molar-refractivity contribution in [3.8, 4) is 6.07 Å². The van der Waals surface area contributed by atoms with Crippen molar-refractivity contribution in [2.45, 2.75) is 25.3 Å². The zero-order valence-corrected chi connectivity index (χ0v) is 16.1. The molecule has 0 spiro atoms. The zero-order chi connectivity index (χ0) is 20.9. The summed E-state index contributed by atoms with van der Waals surface area (Å²) in [5.74, 6) is -0.909. The molecular weight excluding hydrogens is 368 g/mol. The molecule has 7 heteroatoms. The Hall–Kier alpha value is -3.66. The molecular formula is C22H22N4O3. The van der Waals surface area contributed by atoms with Gasteiger partial charge in [-0.2, -0.15) is 5.26 Å². The maximum absolute atomic E-state index is 12.9. The van der Waals surface area contributed by atoms with Crippen LogP contribution < -0.4 is 10.6 Å². The molecule has 2 aromatic carbocycles. The Morgan fingerprint density at radius 2 is 1.93 bits per heavy atom. The highest BCUT2D eigenvalue weighted by atomic mass is 16.2. The molecule has 1 saturated heterocycles. The molecule has 0 radical (unpaired) electrons. The lowest BCUT2D eigenvalue weighted by molar-refractivity contribution is -0.134. The molecule has 2 aromatic rings. The molecule has 7 nitrogen and oxygen atoms in total. The van der Waals surface area contributed by atoms with Crippen molar-refractivity contribution < 1.29 is 14.4 Å². The van der Waals surface area contributed by atoms with Gasteiger partial charge in [0.25, 0.3) is 5.91 Å². The largest absolute Gasteiger partial charge is 0.355 e. The quantitative estimate of drug-likeness (QED) is 0.558. The second-order valence-electron chi connectivity index (χ2n) is 7.08. The monoisotopic (exact) mass is 390 g/mol. The van der Waals surface area contributed by atoms with E-state index in [1.807, 2.05) is 36.4 Å². The van der Waals surface area contributed by atoms with E-state index in [1.54, 1.807) is 31.2 Å². The fourth-order valence-electron chi connectivity index (χ4n) is 3.30. The molecule has 1 heterocycles. The summed E-state index contributed by atoms with van der Waals surface area (Å²) in [7, 11) is 0. The molecule has 148 valence electrons. The lowest BCUT2D eigenvalue weighted by atomic mass is 9.91. The Labute approximate surface area is 169 Å². The first-order valence-corrected chi connectivity index (χ1v) is 9.39. The second-order valence-corrected chi connectivity index (χ2v) is 7.08. The second kappa shape index (κ2) is 8.57. The standard InChI is InChI=1S/C22H22N4O3/c1-22(18-11-5-9-17(13-18)14-23)20(28)26(21(29)25-22)15-19(27)24-12-6-10-16-7-3-2-4-8-16/h2-5,7-9,11,13H,6,10,12,15H2,1H3,(H,24,27)(H,25,29). The zero-order valence-electron chi connectivity index (χ0n) is 16.1. The summed E-state index contributed by atoms with van der Waals surface area (Å²) in [6.07, 6.45) is 1.59. The van der Waals surface area contributed by atoms with Gasteiger partial charge in [-0.15, -0.1) is 0 Å². The normalized spacial score (nSPS) is 18.3. The molecule has 3 rings (SSSR count). The maximum atomic E-state index is 12.9. The minimum atomic E-state index is -1.31. The van der Waals surface area contributed by atoms with E-state index in [2.05, 4.69) is 10.6 Å². The smallest absolute Gasteiger partial charge is 0.325 e. The summed E-state index contributed by atoms with van der Waals surface area (Å²) in [5.41, 5.74) is 0.768. The minimum Gasteiger partial charge on any atom is -0.355 e. The molecule has 0 aromatic heterocycles. The van der Waals surface area contributed by atoms with Gasteiger partial charge < -0.3 is 10.6 Å². The Morgan fingerprint density at radius 3 is 2.66 bits per heavy atom. The van der Waals surface area contributed by atoms with Crippen LogP contribution in [0.15, 0.2) is 54.6 Å². The number of benzene rings is 2. The number of nitriles is 1. The molecule has 1 aliphatic rings. The maximum Gasteiger partial charge on any atom is 0.325 e. The van der Waals surface area contributed by atoms with Crippen molar-refractivity contribution >= 4 is 17.8 Å². The topological polar surface area (TPSA) is 102 Å². The first-order valence-electron chi connectivity index (χ1n) is 9.39. The van der Waals surface area contributed by atoms with Gasteiger partial charge in [0.1, 0.15) is 12.1 Å². The Kier molecular flexibility index (Phi) is 5.93. The number of hydrogen-bond donors (Lipinski definition) is 2. The Balaban J connectivity index is 1.57. The van der Waals surface area contributed by atoms with Crippen LogP contribution in [0.4, 0.5) is 4.79 Å². The van der Waals surface area contributed by atoms with E-state index in [1.165, 1.54) is 5.56 Å². The van der Waals surface area contributed by atoms with Crippen LogP contribution in [-0.2, 0) is 21.5 Å². The highest BCUT2D eigenvalue weighted by molar-refractivity contribution is 6.09. The van der Waals surface area contributed by atoms with E-state index >= 15 is 0 Å². The minimum absolute atomic E-state index is 0.344. The van der Waals surface area contributed by atoms with E-state index in [-0.39, 0.29) is 6.54 Å². The van der Waals surface area contributed by atoms with Gasteiger partial charge in [0.15, 0.2) is 0 Å². The number of nitrogens with zero attached hydrogens (tertiary/aromatic N) is 2. The summed E-state index contributed by atoms with van der Waals surface area (Å²) in [4.78, 5) is 38.3. The average molecular weight is 390 g/mol. The molecule has 0 bridgehead atoms. The lowest BCUT2D eigenvalue weighted by Gasteiger charge is -2.22. The number of urea groups is 1. The number of imide groups is 1. The third-order valence-corrected chi connectivity index (χ3v) is 4.95. The predicted molar refractivity (Wildman–Crippen MR) is 107 cm³/mol. The van der Waals surface area contributed by atoms with Gasteiger partial charge in [0.2, 0.25) is 5.91 Å². The fraction of sp³-hybridized carbons (Fsp3) is 0.273. The van der Waals surface area contributed by atoms with E-state index in [0.29, 0.717) is 17.7 Å². The van der Waals surface area contributed by atoms with E-state index < -0.39 is 23.4 Å². The van der Waals surface area contributed by atoms with Crippen LogP contribution in [0.3, 0.4) is 0 Å². The van der Waals surface area contributed by atoms with Crippen molar-refractivity contribution in [1.82, 2.24) is 15.5 Å². The van der Waals surface area contributed by atoms with Gasteiger partial charge in [-0.1, -0.05) is 42.5 Å². The van der Waals surface area contributed by atoms with Gasteiger partial charge in [-0.25, -0.2) is 4.79 Å². The van der Waals surface area contributed by atoms with Crippen LogP contribution in [0.2, 0.25) is 0 Å². The van der Waals surface area contributed by atoms with Crippen LogP contribution in [0.25, 0.3) is 0 Å². The highest BCUT2D eigenvalue weighted by Crippen LogP contribution is 2.29. The number of nitrogens with one attached hydrogen (secondary N) is 2. The van der Waals surface area contributed by atoms with Crippen LogP contribution in [-0.4, -0.2) is 35.8 Å². The van der Waals surface area contributed by atoms with Crippen LogP contribution >= 0.6 is 0 Å². The molecule has 0 saturated carbocycles. The van der Waals surface area contributed by atoms with Crippen molar-refractivity contribution in [2.75, 3.05) is 13.1 Å². The van der Waals surface area contributed by atoms with E-state index in [9.17, 15) is 14.4 Å². The van der Waals surface area contributed by atoms with Crippen LogP contribution in [0.1, 0.15) is 30.0 Å². The molecule has 1 fully saturated rings. The molecule has 4 amide bonds. The van der Waals surface area contributed by atoms with Gasteiger partial charge in [0, 0.05) is 6.54 Å². The van der Waals surface area contributed by atoms with Crippen molar-refractivity contribution in [2.24, 2.45) is 0 Å². The number of carbonyl (C=O) groups excluding carboxylic acids is 3. The number of carbonyl (C=O) groups is 3. The summed E-state index contributed by atoms with van der Waals surface area (Å²) in [5, 5.41) is 14.5.